The summed E-state index contributed by atoms with van der Waals surface area (Å²) in [5.74, 6) is 0.842. The first-order chi connectivity index (χ1) is 8.40. The van der Waals surface area contributed by atoms with Crippen molar-refractivity contribution in [2.75, 3.05) is 6.61 Å². The second-order valence-electron chi connectivity index (χ2n) is 7.88. The van der Waals surface area contributed by atoms with E-state index in [9.17, 15) is 5.11 Å². The van der Waals surface area contributed by atoms with Crippen LogP contribution in [0.15, 0.2) is 0 Å². The fourth-order valence-corrected chi connectivity index (χ4v) is 5.75. The third-order valence-electron chi connectivity index (χ3n) is 6.58. The Morgan fingerprint density at radius 1 is 1.17 bits per heavy atom. The molecule has 4 rings (SSSR count). The molecule has 0 radical (unpaired) electrons. The average molecular weight is 252 g/mol. The van der Waals surface area contributed by atoms with Gasteiger partial charge in [-0.3, -0.25) is 0 Å². The van der Waals surface area contributed by atoms with Crippen LogP contribution in [0.1, 0.15) is 46.5 Å². The SMILES string of the molecule is CC1(C)CCC[C@]2(C)[C@H]3[C@H](O)OC[C@]34O[C@@H]4C[C@@H]12. The van der Waals surface area contributed by atoms with Gasteiger partial charge >= 0.3 is 0 Å². The van der Waals surface area contributed by atoms with Gasteiger partial charge in [0.25, 0.3) is 0 Å². The van der Waals surface area contributed by atoms with Crippen molar-refractivity contribution < 1.29 is 14.6 Å². The molecule has 2 heterocycles. The smallest absolute Gasteiger partial charge is 0.160 e. The summed E-state index contributed by atoms with van der Waals surface area (Å²) < 4.78 is 11.6. The Labute approximate surface area is 109 Å². The number of hydrogen-bond acceptors (Lipinski definition) is 3. The summed E-state index contributed by atoms with van der Waals surface area (Å²) in [5.41, 5.74) is 0.427. The molecule has 0 aromatic carbocycles. The molecular formula is C15H24O3. The molecule has 4 aliphatic rings. The summed E-state index contributed by atoms with van der Waals surface area (Å²) in [6.45, 7) is 7.77. The highest BCUT2D eigenvalue weighted by molar-refractivity contribution is 5.22. The van der Waals surface area contributed by atoms with E-state index in [-0.39, 0.29) is 16.9 Å². The summed E-state index contributed by atoms with van der Waals surface area (Å²) in [6.07, 6.45) is 4.67. The Morgan fingerprint density at radius 2 is 1.94 bits per heavy atom. The second kappa shape index (κ2) is 3.13. The fourth-order valence-electron chi connectivity index (χ4n) is 5.75. The van der Waals surface area contributed by atoms with Crippen LogP contribution < -0.4 is 0 Å². The van der Waals surface area contributed by atoms with Gasteiger partial charge in [0.15, 0.2) is 6.29 Å². The average Bonchev–Trinajstić information content (AvgIpc) is 2.86. The van der Waals surface area contributed by atoms with Gasteiger partial charge in [0.2, 0.25) is 0 Å². The molecule has 4 fully saturated rings. The highest BCUT2D eigenvalue weighted by atomic mass is 16.7. The quantitative estimate of drug-likeness (QED) is 0.673. The van der Waals surface area contributed by atoms with E-state index in [1.54, 1.807) is 0 Å². The van der Waals surface area contributed by atoms with E-state index in [0.717, 1.165) is 6.42 Å². The van der Waals surface area contributed by atoms with Gasteiger partial charge < -0.3 is 14.6 Å². The van der Waals surface area contributed by atoms with Gasteiger partial charge in [-0.25, -0.2) is 0 Å². The molecule has 0 unspecified atom stereocenters. The maximum Gasteiger partial charge on any atom is 0.160 e. The topological polar surface area (TPSA) is 42.0 Å². The zero-order valence-corrected chi connectivity index (χ0v) is 11.6. The molecule has 0 bridgehead atoms. The van der Waals surface area contributed by atoms with Crippen LogP contribution in [-0.2, 0) is 9.47 Å². The summed E-state index contributed by atoms with van der Waals surface area (Å²) in [5, 5.41) is 10.3. The molecule has 0 aromatic rings. The molecule has 2 saturated heterocycles. The molecule has 2 aliphatic heterocycles. The van der Waals surface area contributed by atoms with Crippen LogP contribution >= 0.6 is 0 Å². The fraction of sp³-hybridized carbons (Fsp3) is 1.00. The Balaban J connectivity index is 1.79. The normalized spacial score (nSPS) is 60.7. The van der Waals surface area contributed by atoms with E-state index in [0.29, 0.717) is 24.0 Å². The first kappa shape index (κ1) is 11.7. The van der Waals surface area contributed by atoms with Gasteiger partial charge in [-0.15, -0.1) is 0 Å². The number of epoxide rings is 1. The lowest BCUT2D eigenvalue weighted by Crippen LogP contribution is -2.56. The number of aliphatic hydroxyl groups is 1. The molecule has 1 N–H and O–H groups in total. The van der Waals surface area contributed by atoms with Crippen LogP contribution in [0.2, 0.25) is 0 Å². The standard InChI is InChI=1S/C15H24O3/c1-13(2)5-4-6-14(3)9(13)7-10-15(18-10)8-17-12(16)11(14)15/h9-12,16H,4-8H2,1-3H3/t9-,10+,11+,12+,14-,15+/m0/s1. The summed E-state index contributed by atoms with van der Waals surface area (Å²) >= 11 is 0. The number of aliphatic hydroxyl groups excluding tert-OH is 1. The predicted molar refractivity (Wildman–Crippen MR) is 66.9 cm³/mol. The zero-order valence-electron chi connectivity index (χ0n) is 11.6. The van der Waals surface area contributed by atoms with Crippen molar-refractivity contribution in [3.63, 3.8) is 0 Å². The molecule has 3 heteroatoms. The minimum absolute atomic E-state index is 0.127. The molecule has 2 saturated carbocycles. The monoisotopic (exact) mass is 252 g/mol. The highest BCUT2D eigenvalue weighted by Crippen LogP contribution is 2.70. The Hall–Kier alpha value is -0.120. The number of hydrogen-bond donors (Lipinski definition) is 1. The van der Waals surface area contributed by atoms with Crippen molar-refractivity contribution in [1.82, 2.24) is 0 Å². The molecule has 1 spiro atoms. The third-order valence-corrected chi connectivity index (χ3v) is 6.58. The van der Waals surface area contributed by atoms with Gasteiger partial charge in [-0.1, -0.05) is 27.2 Å². The van der Waals surface area contributed by atoms with Crippen LogP contribution in [0.25, 0.3) is 0 Å². The van der Waals surface area contributed by atoms with Gasteiger partial charge in [-0.05, 0) is 36.0 Å². The Kier molecular flexibility index (Phi) is 2.03. The maximum atomic E-state index is 10.3. The third kappa shape index (κ3) is 1.17. The first-order valence-electron chi connectivity index (χ1n) is 7.38. The van der Waals surface area contributed by atoms with Crippen molar-refractivity contribution in [3.8, 4) is 0 Å². The van der Waals surface area contributed by atoms with Crippen LogP contribution in [-0.4, -0.2) is 29.7 Å². The molecule has 6 atom stereocenters. The van der Waals surface area contributed by atoms with Gasteiger partial charge in [-0.2, -0.15) is 0 Å². The lowest BCUT2D eigenvalue weighted by molar-refractivity contribution is -0.151. The molecule has 2 aliphatic carbocycles. The highest BCUT2D eigenvalue weighted by Gasteiger charge is 2.76. The number of fused-ring (bicyclic) bond motifs is 2. The van der Waals surface area contributed by atoms with E-state index in [2.05, 4.69) is 20.8 Å². The molecule has 0 aromatic heterocycles. The van der Waals surface area contributed by atoms with Crippen molar-refractivity contribution in [2.24, 2.45) is 22.7 Å². The van der Waals surface area contributed by atoms with Crippen LogP contribution in [0, 0.1) is 22.7 Å². The largest absolute Gasteiger partial charge is 0.368 e. The maximum absolute atomic E-state index is 10.3. The minimum atomic E-state index is -0.614. The molecule has 3 nitrogen and oxygen atoms in total. The van der Waals surface area contributed by atoms with Gasteiger partial charge in [0.05, 0.1) is 12.7 Å². The zero-order chi connectivity index (χ0) is 12.8. The minimum Gasteiger partial charge on any atom is -0.368 e. The summed E-state index contributed by atoms with van der Waals surface area (Å²) in [6, 6.07) is 0. The van der Waals surface area contributed by atoms with Gasteiger partial charge in [0, 0.05) is 5.92 Å². The lowest BCUT2D eigenvalue weighted by Gasteiger charge is -2.56. The van der Waals surface area contributed by atoms with Crippen molar-refractivity contribution >= 4 is 0 Å². The molecular weight excluding hydrogens is 228 g/mol. The van der Waals surface area contributed by atoms with E-state index < -0.39 is 6.29 Å². The van der Waals surface area contributed by atoms with E-state index in [1.165, 1.54) is 19.3 Å². The molecule has 102 valence electrons. The first-order valence-corrected chi connectivity index (χ1v) is 7.38. The Morgan fingerprint density at radius 3 is 2.72 bits per heavy atom. The van der Waals surface area contributed by atoms with Crippen LogP contribution in [0.5, 0.6) is 0 Å². The number of ether oxygens (including phenoxy) is 2. The van der Waals surface area contributed by atoms with Crippen molar-refractivity contribution in [3.05, 3.63) is 0 Å². The van der Waals surface area contributed by atoms with Crippen LogP contribution in [0.3, 0.4) is 0 Å². The van der Waals surface area contributed by atoms with Crippen molar-refractivity contribution in [1.29, 1.82) is 0 Å². The van der Waals surface area contributed by atoms with Crippen LogP contribution in [0.4, 0.5) is 0 Å². The van der Waals surface area contributed by atoms with E-state index in [4.69, 9.17) is 9.47 Å². The summed E-state index contributed by atoms with van der Waals surface area (Å²) in [7, 11) is 0. The van der Waals surface area contributed by atoms with Crippen molar-refractivity contribution in [2.45, 2.75) is 64.4 Å². The van der Waals surface area contributed by atoms with E-state index in [1.807, 2.05) is 0 Å². The second-order valence-corrected chi connectivity index (χ2v) is 7.88. The van der Waals surface area contributed by atoms with Gasteiger partial charge in [0.1, 0.15) is 5.60 Å². The van der Waals surface area contributed by atoms with E-state index >= 15 is 0 Å². The predicted octanol–water partition coefficient (Wildman–Crippen LogP) is 2.33. The lowest BCUT2D eigenvalue weighted by atomic mass is 9.47. The molecule has 0 amide bonds. The molecule has 18 heavy (non-hydrogen) atoms. The Bertz CT molecular complexity index is 393. The summed E-state index contributed by atoms with van der Waals surface area (Å²) in [4.78, 5) is 0. The number of rotatable bonds is 0.